The minimum Gasteiger partial charge on any atom is -0.483 e. The van der Waals surface area contributed by atoms with E-state index in [1.807, 2.05) is 29.2 Å². The average molecular weight is 441 g/mol. The number of rotatable bonds is 3. The van der Waals surface area contributed by atoms with Gasteiger partial charge in [-0.2, -0.15) is 0 Å². The number of benzene rings is 2. The summed E-state index contributed by atoms with van der Waals surface area (Å²) in [6.45, 7) is 1.81. The highest BCUT2D eigenvalue weighted by atomic mass is 79.9. The summed E-state index contributed by atoms with van der Waals surface area (Å²) in [4.78, 5) is 14.3. The Morgan fingerprint density at radius 3 is 2.52 bits per heavy atom. The van der Waals surface area contributed by atoms with E-state index in [0.29, 0.717) is 5.75 Å². The molecule has 1 saturated heterocycles. The van der Waals surface area contributed by atoms with Gasteiger partial charge in [0.2, 0.25) is 0 Å². The highest BCUT2D eigenvalue weighted by Gasteiger charge is 2.16. The molecule has 1 fully saturated rings. The first-order chi connectivity index (χ1) is 11.1. The molecule has 1 heterocycles. The Bertz CT molecular complexity index is 709. The minimum absolute atomic E-state index is 0.0784. The highest BCUT2D eigenvalue weighted by Crippen LogP contribution is 2.34. The van der Waals surface area contributed by atoms with Crippen molar-refractivity contribution in [3.8, 4) is 5.75 Å². The van der Waals surface area contributed by atoms with E-state index in [2.05, 4.69) is 37.9 Å². The van der Waals surface area contributed by atoms with Crippen molar-refractivity contribution in [1.82, 2.24) is 4.90 Å². The molecular formula is C18H19Br2NO2. The normalized spacial score (nSPS) is 15.5. The Morgan fingerprint density at radius 2 is 1.78 bits per heavy atom. The van der Waals surface area contributed by atoms with Crippen molar-refractivity contribution in [2.75, 3.05) is 19.7 Å². The lowest BCUT2D eigenvalue weighted by molar-refractivity contribution is -0.133. The maximum atomic E-state index is 12.3. The summed E-state index contributed by atoms with van der Waals surface area (Å²) in [5, 5.41) is 2.20. The Kier molecular flexibility index (Phi) is 5.59. The number of carbonyl (C=O) groups excluding carboxylic acids is 1. The van der Waals surface area contributed by atoms with Crippen molar-refractivity contribution >= 4 is 48.5 Å². The molecule has 1 amide bonds. The van der Waals surface area contributed by atoms with Crippen molar-refractivity contribution in [2.24, 2.45) is 0 Å². The molecule has 3 nitrogen and oxygen atoms in total. The van der Waals surface area contributed by atoms with Gasteiger partial charge in [-0.3, -0.25) is 4.79 Å². The maximum Gasteiger partial charge on any atom is 0.260 e. The summed E-state index contributed by atoms with van der Waals surface area (Å²) in [5.41, 5.74) is 0. The van der Waals surface area contributed by atoms with Gasteiger partial charge in [0.25, 0.3) is 5.91 Å². The summed E-state index contributed by atoms with van der Waals surface area (Å²) in [5.74, 6) is 0.790. The van der Waals surface area contributed by atoms with Crippen LogP contribution in [-0.4, -0.2) is 30.5 Å². The quantitative estimate of drug-likeness (QED) is 0.660. The molecule has 2 aromatic carbocycles. The van der Waals surface area contributed by atoms with Gasteiger partial charge in [0.15, 0.2) is 6.61 Å². The first-order valence-corrected chi connectivity index (χ1v) is 9.52. The van der Waals surface area contributed by atoms with E-state index in [0.717, 1.165) is 45.6 Å². The monoisotopic (exact) mass is 439 g/mol. The Balaban J connectivity index is 1.70. The molecule has 5 heteroatoms. The van der Waals surface area contributed by atoms with Crippen LogP contribution in [0.1, 0.15) is 25.7 Å². The molecule has 23 heavy (non-hydrogen) atoms. The minimum atomic E-state index is 0.0784. The molecule has 0 unspecified atom stereocenters. The van der Waals surface area contributed by atoms with E-state index in [9.17, 15) is 4.79 Å². The number of nitrogens with zero attached hydrogens (tertiary/aromatic N) is 1. The fourth-order valence-electron chi connectivity index (χ4n) is 2.91. The number of hydrogen-bond donors (Lipinski definition) is 0. The van der Waals surface area contributed by atoms with E-state index in [-0.39, 0.29) is 12.5 Å². The van der Waals surface area contributed by atoms with Gasteiger partial charge in [0, 0.05) is 17.6 Å². The zero-order chi connectivity index (χ0) is 16.2. The largest absolute Gasteiger partial charge is 0.483 e. The molecule has 0 N–H and O–H groups in total. The van der Waals surface area contributed by atoms with Crippen LogP contribution < -0.4 is 4.74 Å². The first kappa shape index (κ1) is 16.8. The zero-order valence-electron chi connectivity index (χ0n) is 12.9. The van der Waals surface area contributed by atoms with Crippen LogP contribution in [-0.2, 0) is 4.79 Å². The lowest BCUT2D eigenvalue weighted by atomic mass is 10.1. The summed E-state index contributed by atoms with van der Waals surface area (Å²) >= 11 is 7.08. The summed E-state index contributed by atoms with van der Waals surface area (Å²) in [7, 11) is 0. The molecule has 0 atom stereocenters. The van der Waals surface area contributed by atoms with Crippen LogP contribution in [0.25, 0.3) is 10.8 Å². The second kappa shape index (κ2) is 7.67. The topological polar surface area (TPSA) is 29.5 Å². The average Bonchev–Trinajstić information content (AvgIpc) is 2.83. The second-order valence-electron chi connectivity index (χ2n) is 5.83. The Morgan fingerprint density at radius 1 is 1.04 bits per heavy atom. The third-order valence-electron chi connectivity index (χ3n) is 4.19. The van der Waals surface area contributed by atoms with Gasteiger partial charge in [-0.25, -0.2) is 0 Å². The lowest BCUT2D eigenvalue weighted by Gasteiger charge is -2.20. The number of halogens is 2. The molecule has 0 aromatic heterocycles. The SMILES string of the molecule is O=C(COc1ccc2cc(Br)ccc2c1Br)N1CCCCCC1. The number of likely N-dealkylation sites (tertiary alicyclic amines) is 1. The second-order valence-corrected chi connectivity index (χ2v) is 7.54. The number of hydrogen-bond acceptors (Lipinski definition) is 2. The van der Waals surface area contributed by atoms with Crippen molar-refractivity contribution in [3.05, 3.63) is 39.3 Å². The van der Waals surface area contributed by atoms with Crippen LogP contribution in [0.3, 0.4) is 0 Å². The number of amides is 1. The summed E-state index contributed by atoms with van der Waals surface area (Å²) < 4.78 is 7.72. The van der Waals surface area contributed by atoms with E-state index in [4.69, 9.17) is 4.74 Å². The van der Waals surface area contributed by atoms with Crippen molar-refractivity contribution < 1.29 is 9.53 Å². The molecule has 3 rings (SSSR count). The van der Waals surface area contributed by atoms with Crippen LogP contribution >= 0.6 is 31.9 Å². The van der Waals surface area contributed by atoms with Gasteiger partial charge in [-0.15, -0.1) is 0 Å². The van der Waals surface area contributed by atoms with Gasteiger partial charge in [0.05, 0.1) is 4.47 Å². The standard InChI is InChI=1S/C18H19Br2NO2/c19-14-6-7-15-13(11-14)5-8-16(18(15)20)23-12-17(22)21-9-3-1-2-4-10-21/h5-8,11H,1-4,9-10,12H2. The molecule has 1 aliphatic rings. The van der Waals surface area contributed by atoms with Crippen molar-refractivity contribution in [2.45, 2.75) is 25.7 Å². The van der Waals surface area contributed by atoms with E-state index in [1.54, 1.807) is 0 Å². The third kappa shape index (κ3) is 4.07. The van der Waals surface area contributed by atoms with Gasteiger partial charge >= 0.3 is 0 Å². The van der Waals surface area contributed by atoms with E-state index >= 15 is 0 Å². The van der Waals surface area contributed by atoms with E-state index < -0.39 is 0 Å². The third-order valence-corrected chi connectivity index (χ3v) is 5.50. The van der Waals surface area contributed by atoms with Crippen molar-refractivity contribution in [1.29, 1.82) is 0 Å². The zero-order valence-corrected chi connectivity index (χ0v) is 16.0. The van der Waals surface area contributed by atoms with Gasteiger partial charge in [0.1, 0.15) is 5.75 Å². The Labute approximate surface area is 153 Å². The summed E-state index contributed by atoms with van der Waals surface area (Å²) in [6, 6.07) is 10.0. The molecule has 2 aromatic rings. The van der Waals surface area contributed by atoms with Crippen LogP contribution in [0.15, 0.2) is 39.3 Å². The Hall–Kier alpha value is -1.07. The molecule has 0 spiro atoms. The fraction of sp³-hybridized carbons (Fsp3) is 0.389. The maximum absolute atomic E-state index is 12.3. The molecular weight excluding hydrogens is 422 g/mol. The van der Waals surface area contributed by atoms with Crippen LogP contribution in [0.5, 0.6) is 5.75 Å². The molecule has 122 valence electrons. The van der Waals surface area contributed by atoms with Gasteiger partial charge in [-0.05, 0) is 57.7 Å². The molecule has 0 radical (unpaired) electrons. The van der Waals surface area contributed by atoms with Crippen LogP contribution in [0.4, 0.5) is 0 Å². The number of carbonyl (C=O) groups is 1. The molecule has 0 aliphatic carbocycles. The summed E-state index contributed by atoms with van der Waals surface area (Å²) in [6.07, 6.45) is 4.63. The van der Waals surface area contributed by atoms with E-state index in [1.165, 1.54) is 12.8 Å². The van der Waals surface area contributed by atoms with Gasteiger partial charge in [-0.1, -0.05) is 40.9 Å². The lowest BCUT2D eigenvalue weighted by Crippen LogP contribution is -2.35. The van der Waals surface area contributed by atoms with Crippen LogP contribution in [0, 0.1) is 0 Å². The number of ether oxygens (including phenoxy) is 1. The first-order valence-electron chi connectivity index (χ1n) is 7.93. The highest BCUT2D eigenvalue weighted by molar-refractivity contribution is 9.11. The predicted molar refractivity (Wildman–Crippen MR) is 99.9 cm³/mol. The van der Waals surface area contributed by atoms with Gasteiger partial charge < -0.3 is 9.64 Å². The molecule has 1 aliphatic heterocycles. The fourth-order valence-corrected chi connectivity index (χ4v) is 3.89. The predicted octanol–water partition coefficient (Wildman–Crippen LogP) is 5.15. The van der Waals surface area contributed by atoms with Crippen LogP contribution in [0.2, 0.25) is 0 Å². The van der Waals surface area contributed by atoms with Crippen molar-refractivity contribution in [3.63, 3.8) is 0 Å². The molecule has 0 saturated carbocycles. The molecule has 0 bridgehead atoms. The smallest absolute Gasteiger partial charge is 0.260 e. The number of fused-ring (bicyclic) bond motifs is 1.